The Bertz CT molecular complexity index is 1020. The Morgan fingerprint density at radius 1 is 1.27 bits per heavy atom. The van der Waals surface area contributed by atoms with Crippen LogP contribution < -0.4 is 16.8 Å². The van der Waals surface area contributed by atoms with E-state index in [1.165, 1.54) is 24.4 Å². The fourth-order valence-electron chi connectivity index (χ4n) is 2.82. The Balaban J connectivity index is 1.79. The van der Waals surface area contributed by atoms with E-state index in [4.69, 9.17) is 11.5 Å². The highest BCUT2D eigenvalue weighted by Crippen LogP contribution is 2.34. The molecule has 0 saturated carbocycles. The van der Waals surface area contributed by atoms with Gasteiger partial charge in [-0.2, -0.15) is 13.2 Å². The molecule has 0 bridgehead atoms. The third kappa shape index (κ3) is 8.75. The first-order chi connectivity index (χ1) is 15.6. The van der Waals surface area contributed by atoms with E-state index in [2.05, 4.69) is 20.6 Å². The number of pyridine rings is 1. The molecule has 9 nitrogen and oxygen atoms in total. The number of halogens is 3. The second-order valence-electron chi connectivity index (χ2n) is 7.41. The van der Waals surface area contributed by atoms with Crippen molar-refractivity contribution in [3.05, 3.63) is 65.1 Å². The molecule has 33 heavy (non-hydrogen) atoms. The predicted octanol–water partition coefficient (Wildman–Crippen LogP) is 2.32. The second-order valence-corrected chi connectivity index (χ2v) is 7.41. The van der Waals surface area contributed by atoms with Crippen LogP contribution >= 0.6 is 0 Å². The number of hydrogen-bond acceptors (Lipinski definition) is 7. The molecule has 0 aliphatic carbocycles. The lowest BCUT2D eigenvalue weighted by molar-refractivity contribution is -0.146. The summed E-state index contributed by atoms with van der Waals surface area (Å²) in [6, 6.07) is 2.53. The number of rotatable bonds is 11. The minimum Gasteiger partial charge on any atom is -0.402 e. The number of aldehydes is 1. The number of nitrogens with one attached hydrogen (secondary N) is 1. The molecule has 5 N–H and O–H groups in total. The highest BCUT2D eigenvalue weighted by Gasteiger charge is 2.37. The summed E-state index contributed by atoms with van der Waals surface area (Å²) in [6.07, 6.45) is 3.95. The standard InChI is InChI=1S/C21H26F3N7O2/c1-14(21(22,23)24)15-7-8-27-17(10-15)11-20(33)28-19(26)6-5-16(25)4-2-3-9-31-12-18(13-32)29-30-31/h5-8,10,12-14H,2-4,9,11,25-26H2,1H3,(H,28,33)/b16-5-,19-6+. The van der Waals surface area contributed by atoms with Gasteiger partial charge >= 0.3 is 6.18 Å². The number of nitrogens with two attached hydrogens (primary N) is 2. The molecule has 1 unspecified atom stereocenters. The Morgan fingerprint density at radius 2 is 2.03 bits per heavy atom. The maximum atomic E-state index is 12.9. The largest absolute Gasteiger partial charge is 0.402 e. The van der Waals surface area contributed by atoms with Crippen molar-refractivity contribution in [1.29, 1.82) is 0 Å². The van der Waals surface area contributed by atoms with E-state index in [-0.39, 0.29) is 29.2 Å². The van der Waals surface area contributed by atoms with E-state index in [9.17, 15) is 22.8 Å². The molecule has 0 fully saturated rings. The number of aryl methyl sites for hydroxylation is 1. The van der Waals surface area contributed by atoms with Gasteiger partial charge in [0.05, 0.1) is 18.5 Å². The quantitative estimate of drug-likeness (QED) is 0.263. The van der Waals surface area contributed by atoms with Gasteiger partial charge in [-0.05, 0) is 56.0 Å². The maximum Gasteiger partial charge on any atom is 0.395 e. The molecule has 12 heteroatoms. The molecular weight excluding hydrogens is 439 g/mol. The van der Waals surface area contributed by atoms with Crippen LogP contribution in [0.3, 0.4) is 0 Å². The normalized spacial score (nSPS) is 13.6. The summed E-state index contributed by atoms with van der Waals surface area (Å²) in [6.45, 7) is 1.65. The summed E-state index contributed by atoms with van der Waals surface area (Å²) < 4.78 is 40.2. The third-order valence-electron chi connectivity index (χ3n) is 4.71. The van der Waals surface area contributed by atoms with Gasteiger partial charge in [-0.15, -0.1) is 5.10 Å². The number of unbranched alkanes of at least 4 members (excludes halogenated alkanes) is 1. The molecule has 0 radical (unpaired) electrons. The molecular formula is C21H26F3N7O2. The fraction of sp³-hybridized carbons (Fsp3) is 0.381. The molecule has 178 valence electrons. The maximum absolute atomic E-state index is 12.9. The van der Waals surface area contributed by atoms with E-state index < -0.39 is 18.0 Å². The van der Waals surface area contributed by atoms with Crippen LogP contribution in [0.25, 0.3) is 0 Å². The molecule has 1 amide bonds. The number of amides is 1. The van der Waals surface area contributed by atoms with E-state index in [1.807, 2.05) is 0 Å². The van der Waals surface area contributed by atoms with Gasteiger partial charge in [0.1, 0.15) is 11.5 Å². The topological polar surface area (TPSA) is 142 Å². The van der Waals surface area contributed by atoms with Crippen molar-refractivity contribution < 1.29 is 22.8 Å². The minimum atomic E-state index is -4.38. The molecule has 0 saturated heterocycles. The van der Waals surface area contributed by atoms with Crippen LogP contribution in [0.2, 0.25) is 0 Å². The molecule has 0 spiro atoms. The molecule has 0 aliphatic rings. The molecule has 0 aromatic carbocycles. The van der Waals surface area contributed by atoms with Crippen LogP contribution in [0.15, 0.2) is 48.2 Å². The zero-order chi connectivity index (χ0) is 24.4. The van der Waals surface area contributed by atoms with E-state index in [0.717, 1.165) is 19.8 Å². The van der Waals surface area contributed by atoms with Crippen molar-refractivity contribution >= 4 is 12.2 Å². The molecule has 2 aromatic heterocycles. The summed E-state index contributed by atoms with van der Waals surface area (Å²) in [7, 11) is 0. The molecule has 2 heterocycles. The second kappa shape index (κ2) is 11.8. The van der Waals surface area contributed by atoms with Gasteiger partial charge in [0, 0.05) is 24.1 Å². The molecule has 1 atom stereocenters. The lowest BCUT2D eigenvalue weighted by atomic mass is 10.0. The number of alkyl halides is 3. The fourth-order valence-corrected chi connectivity index (χ4v) is 2.82. The van der Waals surface area contributed by atoms with Crippen LogP contribution in [0, 0.1) is 0 Å². The average Bonchev–Trinajstić information content (AvgIpc) is 3.22. The highest BCUT2D eigenvalue weighted by atomic mass is 19.4. The monoisotopic (exact) mass is 465 g/mol. The van der Waals surface area contributed by atoms with Crippen molar-refractivity contribution in [2.75, 3.05) is 0 Å². The van der Waals surface area contributed by atoms with Crippen molar-refractivity contribution in [3.63, 3.8) is 0 Å². The van der Waals surface area contributed by atoms with E-state index >= 15 is 0 Å². The van der Waals surface area contributed by atoms with Crippen molar-refractivity contribution in [2.45, 2.75) is 51.2 Å². The summed E-state index contributed by atoms with van der Waals surface area (Å²) in [5.41, 5.74) is 12.8. The number of carbonyl (C=O) groups excluding carboxylic acids is 2. The van der Waals surface area contributed by atoms with Crippen LogP contribution in [0.4, 0.5) is 13.2 Å². The first-order valence-corrected chi connectivity index (χ1v) is 10.2. The highest BCUT2D eigenvalue weighted by molar-refractivity contribution is 5.79. The van der Waals surface area contributed by atoms with Crippen molar-refractivity contribution in [3.8, 4) is 0 Å². The number of allylic oxidation sites excluding steroid dienone is 3. The van der Waals surface area contributed by atoms with Crippen LogP contribution in [-0.2, 0) is 17.8 Å². The smallest absolute Gasteiger partial charge is 0.395 e. The van der Waals surface area contributed by atoms with Crippen LogP contribution in [0.1, 0.15) is 53.8 Å². The van der Waals surface area contributed by atoms with Crippen molar-refractivity contribution in [2.24, 2.45) is 11.5 Å². The van der Waals surface area contributed by atoms with Gasteiger partial charge in [-0.25, -0.2) is 0 Å². The van der Waals surface area contributed by atoms with E-state index in [0.29, 0.717) is 24.9 Å². The molecule has 0 aliphatic heterocycles. The minimum absolute atomic E-state index is 0.0347. The van der Waals surface area contributed by atoms with Gasteiger partial charge in [-0.3, -0.25) is 19.3 Å². The summed E-state index contributed by atoms with van der Waals surface area (Å²) in [4.78, 5) is 26.7. The van der Waals surface area contributed by atoms with Gasteiger partial charge in [0.25, 0.3) is 0 Å². The zero-order valence-electron chi connectivity index (χ0n) is 18.0. The lowest BCUT2D eigenvalue weighted by Crippen LogP contribution is -2.29. The third-order valence-corrected chi connectivity index (χ3v) is 4.71. The van der Waals surface area contributed by atoms with Crippen molar-refractivity contribution in [1.82, 2.24) is 25.3 Å². The summed E-state index contributed by atoms with van der Waals surface area (Å²) in [5, 5.41) is 9.94. The zero-order valence-corrected chi connectivity index (χ0v) is 18.0. The van der Waals surface area contributed by atoms with Gasteiger partial charge < -0.3 is 16.8 Å². The lowest BCUT2D eigenvalue weighted by Gasteiger charge is -2.16. The first kappa shape index (κ1) is 25.6. The molecule has 2 aromatic rings. The summed E-state index contributed by atoms with van der Waals surface area (Å²) in [5.74, 6) is -2.13. The van der Waals surface area contributed by atoms with Crippen LogP contribution in [0.5, 0.6) is 0 Å². The Hall–Kier alpha value is -3.70. The molecule has 2 rings (SSSR count). The Kier molecular flexibility index (Phi) is 9.13. The SMILES string of the molecule is CC(c1ccnc(CC(=O)N/C(N)=C/C=C(\N)CCCCn2cc(C=O)nn2)c1)C(F)(F)F. The predicted molar refractivity (Wildman–Crippen MR) is 114 cm³/mol. The number of aromatic nitrogens is 4. The number of nitrogens with zero attached hydrogens (tertiary/aromatic N) is 4. The van der Waals surface area contributed by atoms with E-state index in [1.54, 1.807) is 17.0 Å². The first-order valence-electron chi connectivity index (χ1n) is 10.2. The van der Waals surface area contributed by atoms with Crippen LogP contribution in [-0.4, -0.2) is 38.3 Å². The Morgan fingerprint density at radius 3 is 2.70 bits per heavy atom. The number of hydrogen-bond donors (Lipinski definition) is 3. The number of carbonyl (C=O) groups is 2. The van der Waals surface area contributed by atoms with Gasteiger partial charge in [0.2, 0.25) is 5.91 Å². The van der Waals surface area contributed by atoms with Gasteiger partial charge in [0.15, 0.2) is 6.29 Å². The van der Waals surface area contributed by atoms with Gasteiger partial charge in [-0.1, -0.05) is 5.21 Å². The average molecular weight is 465 g/mol. The Labute approximate surface area is 188 Å². The summed E-state index contributed by atoms with van der Waals surface area (Å²) >= 11 is 0.